The number of methoxy groups -OCH3 is 1. The summed E-state index contributed by atoms with van der Waals surface area (Å²) in [5.74, 6) is -2.19. The number of hydrogen-bond acceptors (Lipinski definition) is 2. The Hall–Kier alpha value is -2.43. The van der Waals surface area contributed by atoms with Crippen molar-refractivity contribution in [2.45, 2.75) is 6.54 Å². The van der Waals surface area contributed by atoms with Crippen molar-refractivity contribution in [3.8, 4) is 5.75 Å². The highest BCUT2D eigenvalue weighted by Gasteiger charge is 2.14. The quantitative estimate of drug-likeness (QED) is 0.933. The van der Waals surface area contributed by atoms with E-state index in [0.717, 1.165) is 11.6 Å². The van der Waals surface area contributed by atoms with E-state index in [-0.39, 0.29) is 12.1 Å². The molecule has 0 unspecified atom stereocenters. The summed E-state index contributed by atoms with van der Waals surface area (Å²) >= 11 is 0. The number of rotatable bonds is 4. The van der Waals surface area contributed by atoms with Gasteiger partial charge < -0.3 is 10.1 Å². The van der Waals surface area contributed by atoms with Gasteiger partial charge in [0.1, 0.15) is 5.75 Å². The van der Waals surface area contributed by atoms with Crippen LogP contribution in [-0.2, 0) is 6.54 Å². The molecule has 5 heteroatoms. The number of benzene rings is 2. The summed E-state index contributed by atoms with van der Waals surface area (Å²) in [6.07, 6.45) is 0. The Morgan fingerprint density at radius 1 is 1.20 bits per heavy atom. The van der Waals surface area contributed by atoms with Gasteiger partial charge in [0, 0.05) is 6.54 Å². The Balaban J connectivity index is 2.06. The molecule has 20 heavy (non-hydrogen) atoms. The summed E-state index contributed by atoms with van der Waals surface area (Å²) in [5.41, 5.74) is 0.488. The lowest BCUT2D eigenvalue weighted by Crippen LogP contribution is -2.24. The van der Waals surface area contributed by atoms with Crippen LogP contribution in [0, 0.1) is 11.6 Å². The lowest BCUT2D eigenvalue weighted by Gasteiger charge is -2.08. The predicted molar refractivity (Wildman–Crippen MR) is 70.5 cm³/mol. The number of carbonyl (C=O) groups is 1. The average Bonchev–Trinajstić information content (AvgIpc) is 2.48. The zero-order valence-electron chi connectivity index (χ0n) is 10.8. The molecule has 0 atom stereocenters. The first-order chi connectivity index (χ1) is 9.61. The minimum absolute atomic E-state index is 0.200. The normalized spacial score (nSPS) is 10.2. The lowest BCUT2D eigenvalue weighted by atomic mass is 10.1. The summed E-state index contributed by atoms with van der Waals surface area (Å²) in [5, 5.41) is 2.53. The van der Waals surface area contributed by atoms with Gasteiger partial charge in [-0.25, -0.2) is 8.78 Å². The van der Waals surface area contributed by atoms with Gasteiger partial charge in [0.2, 0.25) is 0 Å². The lowest BCUT2D eigenvalue weighted by molar-refractivity contribution is 0.0945. The van der Waals surface area contributed by atoms with Crippen LogP contribution in [0.5, 0.6) is 5.75 Å². The molecule has 1 amide bonds. The van der Waals surface area contributed by atoms with Crippen molar-refractivity contribution in [2.75, 3.05) is 7.11 Å². The van der Waals surface area contributed by atoms with Crippen molar-refractivity contribution in [1.82, 2.24) is 5.32 Å². The minimum atomic E-state index is -1.14. The third kappa shape index (κ3) is 3.12. The number of hydrogen-bond donors (Lipinski definition) is 1. The first kappa shape index (κ1) is 14.0. The second kappa shape index (κ2) is 6.14. The molecule has 2 rings (SSSR count). The standard InChI is InChI=1S/C15H13F2NO2/c1-20-11-5-2-4-10(8-11)9-18-15(19)12-6-3-7-13(16)14(12)17/h2-8H,9H2,1H3,(H,18,19). The third-order valence-corrected chi connectivity index (χ3v) is 2.78. The van der Waals surface area contributed by atoms with Crippen LogP contribution >= 0.6 is 0 Å². The van der Waals surface area contributed by atoms with Crippen molar-refractivity contribution in [3.05, 3.63) is 65.2 Å². The van der Waals surface area contributed by atoms with E-state index in [9.17, 15) is 13.6 Å². The van der Waals surface area contributed by atoms with Gasteiger partial charge in [-0.05, 0) is 29.8 Å². The van der Waals surface area contributed by atoms with Crippen LogP contribution in [0.4, 0.5) is 8.78 Å². The molecule has 3 nitrogen and oxygen atoms in total. The Labute approximate surface area is 115 Å². The van der Waals surface area contributed by atoms with Crippen molar-refractivity contribution >= 4 is 5.91 Å². The van der Waals surface area contributed by atoms with Crippen LogP contribution in [0.3, 0.4) is 0 Å². The van der Waals surface area contributed by atoms with E-state index >= 15 is 0 Å². The van der Waals surface area contributed by atoms with Gasteiger partial charge in [0.25, 0.3) is 5.91 Å². The van der Waals surface area contributed by atoms with Crippen LogP contribution in [0.1, 0.15) is 15.9 Å². The molecule has 0 aromatic heterocycles. The maximum Gasteiger partial charge on any atom is 0.254 e. The number of nitrogens with one attached hydrogen (secondary N) is 1. The highest BCUT2D eigenvalue weighted by atomic mass is 19.2. The molecule has 0 aliphatic heterocycles. The van der Waals surface area contributed by atoms with Crippen molar-refractivity contribution < 1.29 is 18.3 Å². The summed E-state index contributed by atoms with van der Waals surface area (Å²) in [4.78, 5) is 11.8. The minimum Gasteiger partial charge on any atom is -0.497 e. The molecule has 0 radical (unpaired) electrons. The van der Waals surface area contributed by atoms with E-state index in [1.807, 2.05) is 0 Å². The van der Waals surface area contributed by atoms with Crippen LogP contribution < -0.4 is 10.1 Å². The van der Waals surface area contributed by atoms with E-state index in [2.05, 4.69) is 5.32 Å². The molecule has 0 spiro atoms. The first-order valence-corrected chi connectivity index (χ1v) is 5.97. The summed E-state index contributed by atoms with van der Waals surface area (Å²) < 4.78 is 31.5. The number of ether oxygens (including phenoxy) is 1. The zero-order valence-corrected chi connectivity index (χ0v) is 10.8. The molecule has 0 bridgehead atoms. The zero-order chi connectivity index (χ0) is 14.5. The van der Waals surface area contributed by atoms with Gasteiger partial charge in [-0.3, -0.25) is 4.79 Å². The predicted octanol–water partition coefficient (Wildman–Crippen LogP) is 2.90. The topological polar surface area (TPSA) is 38.3 Å². The molecule has 0 saturated carbocycles. The fraction of sp³-hybridized carbons (Fsp3) is 0.133. The maximum absolute atomic E-state index is 13.4. The molecule has 0 aliphatic carbocycles. The Morgan fingerprint density at radius 2 is 1.95 bits per heavy atom. The third-order valence-electron chi connectivity index (χ3n) is 2.78. The van der Waals surface area contributed by atoms with Crippen LogP contribution in [0.2, 0.25) is 0 Å². The maximum atomic E-state index is 13.4. The number of amides is 1. The smallest absolute Gasteiger partial charge is 0.254 e. The van der Waals surface area contributed by atoms with E-state index in [1.54, 1.807) is 31.4 Å². The van der Waals surface area contributed by atoms with Gasteiger partial charge in [-0.15, -0.1) is 0 Å². The summed E-state index contributed by atoms with van der Waals surface area (Å²) in [6, 6.07) is 10.6. The fourth-order valence-corrected chi connectivity index (χ4v) is 1.74. The highest BCUT2D eigenvalue weighted by molar-refractivity contribution is 5.94. The SMILES string of the molecule is COc1cccc(CNC(=O)c2cccc(F)c2F)c1. The Kier molecular flexibility index (Phi) is 4.30. The highest BCUT2D eigenvalue weighted by Crippen LogP contribution is 2.14. The average molecular weight is 277 g/mol. The van der Waals surface area contributed by atoms with Crippen molar-refractivity contribution in [2.24, 2.45) is 0 Å². The van der Waals surface area contributed by atoms with E-state index in [4.69, 9.17) is 4.74 Å². The van der Waals surface area contributed by atoms with Gasteiger partial charge in [0.05, 0.1) is 12.7 Å². The van der Waals surface area contributed by atoms with Gasteiger partial charge in [0.15, 0.2) is 11.6 Å². The summed E-state index contributed by atoms with van der Waals surface area (Å²) in [6.45, 7) is 0.200. The van der Waals surface area contributed by atoms with Crippen LogP contribution in [0.15, 0.2) is 42.5 Å². The molecule has 0 saturated heterocycles. The number of carbonyl (C=O) groups excluding carboxylic acids is 1. The van der Waals surface area contributed by atoms with Gasteiger partial charge in [-0.1, -0.05) is 18.2 Å². The van der Waals surface area contributed by atoms with Crippen molar-refractivity contribution in [1.29, 1.82) is 0 Å². The summed E-state index contributed by atoms with van der Waals surface area (Å²) in [7, 11) is 1.54. The Morgan fingerprint density at radius 3 is 2.70 bits per heavy atom. The van der Waals surface area contributed by atoms with E-state index in [1.165, 1.54) is 12.1 Å². The second-order valence-electron chi connectivity index (χ2n) is 4.14. The van der Waals surface area contributed by atoms with Gasteiger partial charge >= 0.3 is 0 Å². The van der Waals surface area contributed by atoms with E-state index in [0.29, 0.717) is 5.75 Å². The second-order valence-corrected chi connectivity index (χ2v) is 4.14. The molecule has 104 valence electrons. The molecular weight excluding hydrogens is 264 g/mol. The molecule has 0 fully saturated rings. The molecule has 0 aliphatic rings. The van der Waals surface area contributed by atoms with E-state index < -0.39 is 17.5 Å². The number of halogens is 2. The van der Waals surface area contributed by atoms with Crippen LogP contribution in [-0.4, -0.2) is 13.0 Å². The Bertz CT molecular complexity index is 629. The molecular formula is C15H13F2NO2. The largest absolute Gasteiger partial charge is 0.497 e. The van der Waals surface area contributed by atoms with Gasteiger partial charge in [-0.2, -0.15) is 0 Å². The first-order valence-electron chi connectivity index (χ1n) is 5.97. The monoisotopic (exact) mass is 277 g/mol. The molecule has 2 aromatic carbocycles. The molecule has 1 N–H and O–H groups in total. The molecule has 2 aromatic rings. The van der Waals surface area contributed by atoms with Crippen LogP contribution in [0.25, 0.3) is 0 Å². The fourth-order valence-electron chi connectivity index (χ4n) is 1.74. The molecule has 0 heterocycles. The van der Waals surface area contributed by atoms with Crippen molar-refractivity contribution in [3.63, 3.8) is 0 Å².